The lowest BCUT2D eigenvalue weighted by molar-refractivity contribution is -0.132. The molecule has 2 aromatic rings. The first-order valence-corrected chi connectivity index (χ1v) is 9.26. The predicted molar refractivity (Wildman–Crippen MR) is 100 cm³/mol. The molecule has 0 atom stereocenters. The first kappa shape index (κ1) is 18.9. The summed E-state index contributed by atoms with van der Waals surface area (Å²) in [5.74, 6) is 0.966. The molecular formula is C19H25N5O3. The summed E-state index contributed by atoms with van der Waals surface area (Å²) < 4.78 is 5.67. The van der Waals surface area contributed by atoms with Crippen molar-refractivity contribution in [2.45, 2.75) is 26.7 Å². The summed E-state index contributed by atoms with van der Waals surface area (Å²) in [6.07, 6.45) is 0.727. The summed E-state index contributed by atoms with van der Waals surface area (Å²) in [7, 11) is 0. The fourth-order valence-corrected chi connectivity index (χ4v) is 2.96. The van der Waals surface area contributed by atoms with E-state index in [1.807, 2.05) is 38.1 Å². The normalized spacial score (nSPS) is 14.3. The van der Waals surface area contributed by atoms with E-state index in [1.165, 1.54) is 0 Å². The van der Waals surface area contributed by atoms with E-state index in [4.69, 9.17) is 4.42 Å². The van der Waals surface area contributed by atoms with E-state index in [-0.39, 0.29) is 11.9 Å². The number of benzene rings is 1. The maximum Gasteiger partial charge on any atom is 0.317 e. The Bertz CT molecular complexity index is 779. The van der Waals surface area contributed by atoms with Crippen molar-refractivity contribution in [2.24, 2.45) is 0 Å². The molecule has 3 rings (SSSR count). The van der Waals surface area contributed by atoms with Gasteiger partial charge in [0.25, 0.3) is 0 Å². The number of hydrogen-bond acceptors (Lipinski definition) is 5. The van der Waals surface area contributed by atoms with Gasteiger partial charge < -0.3 is 19.5 Å². The maximum atomic E-state index is 12.4. The van der Waals surface area contributed by atoms with E-state index in [0.717, 1.165) is 11.1 Å². The number of nitrogens with zero attached hydrogens (tertiary/aromatic N) is 4. The zero-order valence-electron chi connectivity index (χ0n) is 15.8. The van der Waals surface area contributed by atoms with Crippen LogP contribution >= 0.6 is 0 Å². The molecule has 0 saturated carbocycles. The number of rotatable bonds is 5. The van der Waals surface area contributed by atoms with Crippen LogP contribution in [-0.4, -0.2) is 64.7 Å². The molecule has 1 aromatic carbocycles. The SMILES string of the molecule is CCNC(=O)N1CCN(C(=O)CCc2nnc(-c3ccc(C)cc3)o2)CC1. The molecule has 144 valence electrons. The van der Waals surface area contributed by atoms with Crippen LogP contribution in [0.5, 0.6) is 0 Å². The lowest BCUT2D eigenvalue weighted by atomic mass is 10.1. The molecule has 0 bridgehead atoms. The second kappa shape index (κ2) is 8.66. The molecule has 3 amide bonds. The summed E-state index contributed by atoms with van der Waals surface area (Å²) >= 11 is 0. The standard InChI is InChI=1S/C19H25N5O3/c1-3-20-19(26)24-12-10-23(11-13-24)17(25)9-8-16-21-22-18(27-16)15-6-4-14(2)5-7-15/h4-7H,3,8-13H2,1-2H3,(H,20,26). The van der Waals surface area contributed by atoms with Crippen LogP contribution < -0.4 is 5.32 Å². The summed E-state index contributed by atoms with van der Waals surface area (Å²) in [4.78, 5) is 27.7. The van der Waals surface area contributed by atoms with E-state index in [9.17, 15) is 9.59 Å². The molecule has 2 heterocycles. The van der Waals surface area contributed by atoms with E-state index >= 15 is 0 Å². The van der Waals surface area contributed by atoms with Crippen LogP contribution in [0.1, 0.15) is 24.8 Å². The minimum Gasteiger partial charge on any atom is -0.421 e. The second-order valence-corrected chi connectivity index (χ2v) is 6.57. The molecule has 1 fully saturated rings. The van der Waals surface area contributed by atoms with Crippen molar-refractivity contribution >= 4 is 11.9 Å². The summed E-state index contributed by atoms with van der Waals surface area (Å²) in [5, 5.41) is 10.9. The Kier molecular flexibility index (Phi) is 6.05. The Morgan fingerprint density at radius 3 is 2.41 bits per heavy atom. The van der Waals surface area contributed by atoms with Gasteiger partial charge in [0.05, 0.1) is 0 Å². The number of piperazine rings is 1. The van der Waals surface area contributed by atoms with E-state index in [1.54, 1.807) is 9.80 Å². The van der Waals surface area contributed by atoms with Gasteiger partial charge in [-0.25, -0.2) is 4.79 Å². The van der Waals surface area contributed by atoms with Crippen molar-refractivity contribution in [3.05, 3.63) is 35.7 Å². The van der Waals surface area contributed by atoms with Crippen LogP contribution in [0.15, 0.2) is 28.7 Å². The quantitative estimate of drug-likeness (QED) is 0.866. The Morgan fingerprint density at radius 2 is 1.74 bits per heavy atom. The number of urea groups is 1. The number of nitrogens with one attached hydrogen (secondary N) is 1. The average Bonchev–Trinajstić information content (AvgIpc) is 3.16. The molecule has 1 saturated heterocycles. The van der Waals surface area contributed by atoms with Gasteiger partial charge in [0.15, 0.2) is 0 Å². The van der Waals surface area contributed by atoms with Crippen molar-refractivity contribution in [3.8, 4) is 11.5 Å². The third-order valence-corrected chi connectivity index (χ3v) is 4.57. The third kappa shape index (κ3) is 4.84. The van der Waals surface area contributed by atoms with Crippen molar-refractivity contribution < 1.29 is 14.0 Å². The lowest BCUT2D eigenvalue weighted by Crippen LogP contribution is -2.53. The zero-order chi connectivity index (χ0) is 19.2. The molecule has 8 heteroatoms. The number of aromatic nitrogens is 2. The van der Waals surface area contributed by atoms with Gasteiger partial charge in [-0.05, 0) is 26.0 Å². The van der Waals surface area contributed by atoms with Gasteiger partial charge in [0, 0.05) is 51.1 Å². The number of amides is 3. The van der Waals surface area contributed by atoms with Crippen LogP contribution in [-0.2, 0) is 11.2 Å². The van der Waals surface area contributed by atoms with Crippen molar-refractivity contribution in [3.63, 3.8) is 0 Å². The summed E-state index contributed by atoms with van der Waals surface area (Å²) in [5.41, 5.74) is 2.03. The van der Waals surface area contributed by atoms with Crippen LogP contribution in [0, 0.1) is 6.92 Å². The van der Waals surface area contributed by atoms with Crippen LogP contribution in [0.3, 0.4) is 0 Å². The Labute approximate surface area is 158 Å². The smallest absolute Gasteiger partial charge is 0.317 e. The number of hydrogen-bond donors (Lipinski definition) is 1. The van der Waals surface area contributed by atoms with Crippen molar-refractivity contribution in [2.75, 3.05) is 32.7 Å². The van der Waals surface area contributed by atoms with Gasteiger partial charge in [-0.2, -0.15) is 0 Å². The molecule has 1 aliphatic rings. The van der Waals surface area contributed by atoms with E-state index < -0.39 is 0 Å². The summed E-state index contributed by atoms with van der Waals surface area (Å²) in [6, 6.07) is 7.78. The van der Waals surface area contributed by atoms with Gasteiger partial charge in [-0.3, -0.25) is 4.79 Å². The molecule has 1 N–H and O–H groups in total. The van der Waals surface area contributed by atoms with Gasteiger partial charge in [0.2, 0.25) is 17.7 Å². The van der Waals surface area contributed by atoms with Crippen LogP contribution in [0.4, 0.5) is 4.79 Å². The van der Waals surface area contributed by atoms with Crippen molar-refractivity contribution in [1.29, 1.82) is 0 Å². The fourth-order valence-electron chi connectivity index (χ4n) is 2.96. The van der Waals surface area contributed by atoms with Gasteiger partial charge in [0.1, 0.15) is 0 Å². The predicted octanol–water partition coefficient (Wildman–Crippen LogP) is 1.85. The highest BCUT2D eigenvalue weighted by atomic mass is 16.4. The first-order valence-electron chi connectivity index (χ1n) is 9.26. The molecule has 0 radical (unpaired) electrons. The highest BCUT2D eigenvalue weighted by Gasteiger charge is 2.24. The topological polar surface area (TPSA) is 91.6 Å². The molecule has 0 unspecified atom stereocenters. The monoisotopic (exact) mass is 371 g/mol. The van der Waals surface area contributed by atoms with E-state index in [0.29, 0.717) is 57.3 Å². The molecule has 1 aromatic heterocycles. The molecule has 0 aliphatic carbocycles. The minimum absolute atomic E-state index is 0.0423. The number of aryl methyl sites for hydroxylation is 2. The number of carbonyl (C=O) groups excluding carboxylic acids is 2. The molecular weight excluding hydrogens is 346 g/mol. The van der Waals surface area contributed by atoms with Gasteiger partial charge in [-0.15, -0.1) is 10.2 Å². The largest absolute Gasteiger partial charge is 0.421 e. The van der Waals surface area contributed by atoms with Crippen LogP contribution in [0.25, 0.3) is 11.5 Å². The molecule has 1 aliphatic heterocycles. The highest BCUT2D eigenvalue weighted by Crippen LogP contribution is 2.19. The average molecular weight is 371 g/mol. The Morgan fingerprint density at radius 1 is 1.07 bits per heavy atom. The first-order chi connectivity index (χ1) is 13.1. The van der Waals surface area contributed by atoms with Gasteiger partial charge in [-0.1, -0.05) is 17.7 Å². The Hall–Kier alpha value is -2.90. The third-order valence-electron chi connectivity index (χ3n) is 4.57. The van der Waals surface area contributed by atoms with Crippen LogP contribution in [0.2, 0.25) is 0 Å². The summed E-state index contributed by atoms with van der Waals surface area (Å²) in [6.45, 7) is 6.71. The number of carbonyl (C=O) groups is 2. The Balaban J connectivity index is 1.47. The molecule has 0 spiro atoms. The zero-order valence-corrected chi connectivity index (χ0v) is 15.8. The maximum absolute atomic E-state index is 12.4. The molecule has 8 nitrogen and oxygen atoms in total. The van der Waals surface area contributed by atoms with E-state index in [2.05, 4.69) is 15.5 Å². The lowest BCUT2D eigenvalue weighted by Gasteiger charge is -2.34. The second-order valence-electron chi connectivity index (χ2n) is 6.57. The van der Waals surface area contributed by atoms with Gasteiger partial charge >= 0.3 is 6.03 Å². The van der Waals surface area contributed by atoms with Crippen molar-refractivity contribution in [1.82, 2.24) is 25.3 Å². The fraction of sp³-hybridized carbons (Fsp3) is 0.474. The minimum atomic E-state index is -0.0703. The highest BCUT2D eigenvalue weighted by molar-refractivity contribution is 5.77. The molecule has 27 heavy (non-hydrogen) atoms.